The van der Waals surface area contributed by atoms with E-state index >= 15 is 0 Å². The van der Waals surface area contributed by atoms with Gasteiger partial charge in [-0.15, -0.1) is 0 Å². The van der Waals surface area contributed by atoms with E-state index in [1.807, 2.05) is 57.4 Å². The standard InChI is InChI=1S/C64H101N7O15S/c1-13-35(6)46(31-48(74)47(23-24-52(65)78)66-59(81)43(33-72)29-50(76)53(36(7)14-2)67-58(80)42(17-5)28-41-21-19-18-20-22-41)61(83)68-54(37(8)15-3)51(77)30-44(34-73)60(82)69-56-40(11)86-62(84)55(38(9)16-4)70-63(85)64(32-45(64)25-26-87-12)71-57(79)39(10)27-49(56)75/h18-22,35-40,42-47,53-56,72-73H,13-17,23-34H2,1-12H3,(H2,65,78)(H,66,81)(H,67,80)(H,68,83)(H,69,82)(H,70,85)(H,71,79)/t35-,36-,37-,38-,39+,40-,42+,43-,44-,45?,46+,47+,53-,54-,55-,56+,64?/m0/s1. The number of nitrogens with two attached hydrogens (primary N) is 1. The Morgan fingerprint density at radius 2 is 1.26 bits per heavy atom. The maximum absolute atomic E-state index is 14.5. The summed E-state index contributed by atoms with van der Waals surface area (Å²) < 4.78 is 5.84. The molecule has 2 fully saturated rings. The van der Waals surface area contributed by atoms with Crippen molar-refractivity contribution in [1.29, 1.82) is 0 Å². The van der Waals surface area contributed by atoms with E-state index in [1.54, 1.807) is 53.3 Å². The molecule has 22 nitrogen and oxygen atoms in total. The minimum Gasteiger partial charge on any atom is -0.458 e. The summed E-state index contributed by atoms with van der Waals surface area (Å²) >= 11 is 1.59. The van der Waals surface area contributed by atoms with E-state index in [-0.39, 0.29) is 30.6 Å². The molecule has 2 aliphatic rings. The third-order valence-corrected chi connectivity index (χ3v) is 18.8. The minimum absolute atomic E-state index is 0.209. The molecule has 87 heavy (non-hydrogen) atoms. The lowest BCUT2D eigenvalue weighted by atomic mass is 9.83. The van der Waals surface area contributed by atoms with E-state index in [9.17, 15) is 67.7 Å². The van der Waals surface area contributed by atoms with Gasteiger partial charge < -0.3 is 52.6 Å². The topological polar surface area (TPSA) is 353 Å². The number of carbonyl (C=O) groups excluding carboxylic acids is 12. The first-order chi connectivity index (χ1) is 41.1. The maximum atomic E-state index is 14.5. The summed E-state index contributed by atoms with van der Waals surface area (Å²) in [4.78, 5) is 167. The molecule has 488 valence electrons. The van der Waals surface area contributed by atoms with Crippen molar-refractivity contribution in [2.45, 2.75) is 208 Å². The van der Waals surface area contributed by atoms with E-state index in [0.29, 0.717) is 51.4 Å². The van der Waals surface area contributed by atoms with Gasteiger partial charge in [0.15, 0.2) is 23.1 Å². The third-order valence-electron chi connectivity index (χ3n) is 18.1. The molecular formula is C64H101N7O15S. The van der Waals surface area contributed by atoms with E-state index < -0.39 is 193 Å². The lowest BCUT2D eigenvalue weighted by Crippen LogP contribution is -2.57. The van der Waals surface area contributed by atoms with Gasteiger partial charge >= 0.3 is 5.97 Å². The van der Waals surface area contributed by atoms with Crippen LogP contribution in [0.1, 0.15) is 165 Å². The van der Waals surface area contributed by atoms with Crippen LogP contribution in [0.4, 0.5) is 0 Å². The second-order valence-electron chi connectivity index (χ2n) is 24.5. The van der Waals surface area contributed by atoms with E-state index in [0.717, 1.165) is 11.3 Å². The lowest BCUT2D eigenvalue weighted by molar-refractivity contribution is -0.157. The van der Waals surface area contributed by atoms with Crippen molar-refractivity contribution in [3.63, 3.8) is 0 Å². The number of hydrogen-bond acceptors (Lipinski definition) is 16. The summed E-state index contributed by atoms with van der Waals surface area (Å²) in [6, 6.07) is 3.01. The highest BCUT2D eigenvalue weighted by Gasteiger charge is 2.61. The Kier molecular flexibility index (Phi) is 31.5. The number of aliphatic hydroxyl groups excluding tert-OH is 2. The van der Waals surface area contributed by atoms with Crippen molar-refractivity contribution in [3.8, 4) is 0 Å². The molecule has 2 unspecified atom stereocenters. The van der Waals surface area contributed by atoms with Crippen LogP contribution in [0.15, 0.2) is 30.3 Å². The van der Waals surface area contributed by atoms with E-state index in [4.69, 9.17) is 10.5 Å². The van der Waals surface area contributed by atoms with Crippen molar-refractivity contribution in [3.05, 3.63) is 35.9 Å². The zero-order chi connectivity index (χ0) is 65.5. The number of ketones is 4. The first-order valence-corrected chi connectivity index (χ1v) is 32.7. The van der Waals surface area contributed by atoms with Crippen LogP contribution in [-0.4, -0.2) is 148 Å². The summed E-state index contributed by atoms with van der Waals surface area (Å²) in [5, 5.41) is 37.7. The van der Waals surface area contributed by atoms with Crippen LogP contribution in [0.2, 0.25) is 0 Å². The fourth-order valence-electron chi connectivity index (χ4n) is 11.0. The predicted octanol–water partition coefficient (Wildman–Crippen LogP) is 4.01. The van der Waals surface area contributed by atoms with E-state index in [1.165, 1.54) is 13.8 Å². The number of amides is 7. The molecule has 23 heteroatoms. The van der Waals surface area contributed by atoms with Gasteiger partial charge in [-0.05, 0) is 86.2 Å². The average Bonchev–Trinajstić information content (AvgIpc) is 1.61. The first-order valence-electron chi connectivity index (χ1n) is 31.3. The van der Waals surface area contributed by atoms with Crippen molar-refractivity contribution < 1.29 is 72.5 Å². The Morgan fingerprint density at radius 3 is 1.78 bits per heavy atom. The molecule has 0 aromatic heterocycles. The Labute approximate surface area is 518 Å². The molecule has 1 aromatic rings. The SMILES string of the molecule is CC[C@H](Cc1ccccc1)C(=O)N[C@H](C(=O)C[C@@H](CO)C(=O)N[C@H](CCC(N)=O)C(=O)C[C@@H](C(=O)N[C@H](C(=O)C[C@@H](CO)C(=O)N[C@H]1C(=O)C[C@@H](C)C(=O)NC2(CC2CCSC)C(=O)N[C@@H]([C@@H](C)CC)C(=O)O[C@H]1C)[C@@H](C)CC)[C@@H](C)CC)[C@@H](C)CC. The summed E-state index contributed by atoms with van der Waals surface area (Å²) in [5.74, 6) is -15.0. The Bertz CT molecular complexity index is 2540. The van der Waals surface area contributed by atoms with Gasteiger partial charge in [-0.1, -0.05) is 125 Å². The second-order valence-corrected chi connectivity index (χ2v) is 25.5. The summed E-state index contributed by atoms with van der Waals surface area (Å²) in [7, 11) is 0. The largest absolute Gasteiger partial charge is 0.458 e. The number of cyclic esters (lactones) is 1. The number of primary amides is 1. The maximum Gasteiger partial charge on any atom is 0.329 e. The van der Waals surface area contributed by atoms with Crippen molar-refractivity contribution >= 4 is 82.2 Å². The molecule has 1 aliphatic carbocycles. The van der Waals surface area contributed by atoms with E-state index in [2.05, 4.69) is 31.9 Å². The van der Waals surface area contributed by atoms with Gasteiger partial charge in [0.2, 0.25) is 41.4 Å². The number of rotatable bonds is 36. The molecule has 1 spiro atoms. The number of esters is 1. The van der Waals surface area contributed by atoms with Gasteiger partial charge in [0.1, 0.15) is 23.7 Å². The van der Waals surface area contributed by atoms with Gasteiger partial charge in [-0.25, -0.2) is 4.79 Å². The van der Waals surface area contributed by atoms with Gasteiger partial charge in [0, 0.05) is 49.9 Å². The van der Waals surface area contributed by atoms with Crippen LogP contribution >= 0.6 is 11.8 Å². The van der Waals surface area contributed by atoms with Crippen molar-refractivity contribution in [2.24, 2.45) is 64.9 Å². The molecule has 0 bridgehead atoms. The average molecular weight is 1240 g/mol. The first kappa shape index (κ1) is 75.2. The van der Waals surface area contributed by atoms with Gasteiger partial charge in [0.05, 0.1) is 43.2 Å². The lowest BCUT2D eigenvalue weighted by Gasteiger charge is -2.30. The molecule has 1 aromatic carbocycles. The Morgan fingerprint density at radius 1 is 0.713 bits per heavy atom. The zero-order valence-electron chi connectivity index (χ0n) is 53.3. The number of hydrogen-bond donors (Lipinski definition) is 9. The fraction of sp³-hybridized carbons (Fsp3) is 0.719. The molecule has 0 radical (unpaired) electrons. The van der Waals surface area contributed by atoms with Crippen LogP contribution < -0.4 is 37.6 Å². The van der Waals surface area contributed by atoms with Crippen LogP contribution in [0.3, 0.4) is 0 Å². The Hall–Kier alpha value is -6.07. The fourth-order valence-corrected chi connectivity index (χ4v) is 11.5. The number of benzene rings is 1. The molecule has 17 atom stereocenters. The smallest absolute Gasteiger partial charge is 0.329 e. The highest BCUT2D eigenvalue weighted by atomic mass is 32.2. The zero-order valence-corrected chi connectivity index (χ0v) is 54.1. The predicted molar refractivity (Wildman–Crippen MR) is 330 cm³/mol. The van der Waals surface area contributed by atoms with Crippen LogP contribution in [-0.2, 0) is 68.7 Å². The number of Topliss-reactive ketones (excluding diaryl/α,β-unsaturated/α-hetero) is 4. The van der Waals surface area contributed by atoms with Crippen molar-refractivity contribution in [2.75, 3.05) is 25.2 Å². The number of ether oxygens (including phenoxy) is 1. The highest BCUT2D eigenvalue weighted by molar-refractivity contribution is 7.98. The third kappa shape index (κ3) is 21.9. The number of aliphatic hydroxyl groups is 2. The quantitative estimate of drug-likeness (QED) is 0.0429. The molecular weight excluding hydrogens is 1140 g/mol. The van der Waals surface area contributed by atoms with Crippen LogP contribution in [0.5, 0.6) is 0 Å². The number of thioether (sulfide) groups is 1. The minimum atomic E-state index is -1.57. The summed E-state index contributed by atoms with van der Waals surface area (Å²) in [6.07, 6.45) is 1.39. The summed E-state index contributed by atoms with van der Waals surface area (Å²) in [5.41, 5.74) is 5.16. The van der Waals surface area contributed by atoms with Gasteiger partial charge in [0.25, 0.3) is 0 Å². The van der Waals surface area contributed by atoms with Gasteiger partial charge in [-0.2, -0.15) is 11.8 Å². The summed E-state index contributed by atoms with van der Waals surface area (Å²) in [6.45, 7) is 17.2. The highest BCUT2D eigenvalue weighted by Crippen LogP contribution is 2.47. The molecule has 1 saturated carbocycles. The van der Waals surface area contributed by atoms with Crippen molar-refractivity contribution in [1.82, 2.24) is 31.9 Å². The van der Waals surface area contributed by atoms with Gasteiger partial charge in [-0.3, -0.25) is 52.7 Å². The molecule has 10 N–H and O–H groups in total. The molecule has 1 heterocycles. The Balaban J connectivity index is 1.85. The molecule has 1 saturated heterocycles. The van der Waals surface area contributed by atoms with Crippen LogP contribution in [0, 0.1) is 59.2 Å². The van der Waals surface area contributed by atoms with Crippen LogP contribution in [0.25, 0.3) is 0 Å². The second kappa shape index (κ2) is 36.4. The molecule has 3 rings (SSSR count). The monoisotopic (exact) mass is 1240 g/mol. The molecule has 1 aliphatic heterocycles. The normalized spacial score (nSPS) is 23.7. The number of nitrogens with one attached hydrogen (secondary N) is 6. The molecule has 7 amide bonds. The number of carbonyl (C=O) groups is 12.